The van der Waals surface area contributed by atoms with Gasteiger partial charge < -0.3 is 5.32 Å². The lowest BCUT2D eigenvalue weighted by Gasteiger charge is -2.21. The lowest BCUT2D eigenvalue weighted by molar-refractivity contribution is -0.151. The van der Waals surface area contributed by atoms with Gasteiger partial charge in [0.25, 0.3) is 0 Å². The van der Waals surface area contributed by atoms with E-state index in [1.165, 1.54) is 6.33 Å². The first-order valence-electron chi connectivity index (χ1n) is 5.51. The Morgan fingerprint density at radius 2 is 1.94 bits per heavy atom. The molecule has 3 nitrogen and oxygen atoms in total. The van der Waals surface area contributed by atoms with Crippen LogP contribution in [0.1, 0.15) is 38.3 Å². The van der Waals surface area contributed by atoms with Gasteiger partial charge >= 0.3 is 6.18 Å². The fourth-order valence-corrected chi connectivity index (χ4v) is 1.61. The van der Waals surface area contributed by atoms with Crippen molar-refractivity contribution in [2.75, 3.05) is 5.32 Å². The smallest absolute Gasteiger partial charge is 0.356 e. The summed E-state index contributed by atoms with van der Waals surface area (Å²) in [6.45, 7) is 3.87. The third-order valence-electron chi connectivity index (χ3n) is 2.94. The molecule has 0 aromatic carbocycles. The SMILES string of the molecule is CC(C)c1cc(NC2(C(F)(F)F)CC2)ncn1. The average Bonchev–Trinajstić information content (AvgIpc) is 2.98. The summed E-state index contributed by atoms with van der Waals surface area (Å²) in [5, 5.41) is 2.49. The van der Waals surface area contributed by atoms with Crippen molar-refractivity contribution in [2.45, 2.75) is 44.3 Å². The second kappa shape index (κ2) is 3.85. The van der Waals surface area contributed by atoms with Crippen molar-refractivity contribution in [1.82, 2.24) is 9.97 Å². The molecule has 0 spiro atoms. The quantitative estimate of drug-likeness (QED) is 0.889. The first-order valence-corrected chi connectivity index (χ1v) is 5.51. The highest BCUT2D eigenvalue weighted by molar-refractivity contribution is 5.42. The van der Waals surface area contributed by atoms with Gasteiger partial charge in [0.05, 0.1) is 0 Å². The van der Waals surface area contributed by atoms with Gasteiger partial charge in [0.2, 0.25) is 0 Å². The summed E-state index contributed by atoms with van der Waals surface area (Å²) in [5.74, 6) is 0.415. The van der Waals surface area contributed by atoms with Gasteiger partial charge in [0.1, 0.15) is 17.7 Å². The van der Waals surface area contributed by atoms with E-state index in [0.29, 0.717) is 0 Å². The molecule has 1 aliphatic rings. The molecule has 94 valence electrons. The fraction of sp³-hybridized carbons (Fsp3) is 0.636. The lowest BCUT2D eigenvalue weighted by atomic mass is 10.1. The molecule has 0 radical (unpaired) electrons. The van der Waals surface area contributed by atoms with E-state index in [-0.39, 0.29) is 24.6 Å². The molecule has 1 saturated carbocycles. The molecule has 1 heterocycles. The van der Waals surface area contributed by atoms with Crippen molar-refractivity contribution in [3.05, 3.63) is 18.1 Å². The first-order chi connectivity index (χ1) is 7.84. The van der Waals surface area contributed by atoms with E-state index >= 15 is 0 Å². The number of nitrogens with zero attached hydrogens (tertiary/aromatic N) is 2. The second-order valence-corrected chi connectivity index (χ2v) is 4.69. The van der Waals surface area contributed by atoms with E-state index in [1.807, 2.05) is 13.8 Å². The third kappa shape index (κ3) is 2.35. The molecule has 2 rings (SSSR count). The number of rotatable bonds is 3. The molecule has 0 aliphatic heterocycles. The van der Waals surface area contributed by atoms with Crippen molar-refractivity contribution in [3.63, 3.8) is 0 Å². The Bertz CT molecular complexity index is 411. The van der Waals surface area contributed by atoms with Gasteiger partial charge in [-0.05, 0) is 18.8 Å². The predicted octanol–water partition coefficient (Wildman–Crippen LogP) is 3.11. The molecule has 0 saturated heterocycles. The molecule has 1 fully saturated rings. The Labute approximate surface area is 97.5 Å². The molecule has 0 atom stereocenters. The molecule has 0 bridgehead atoms. The van der Waals surface area contributed by atoms with Crippen LogP contribution in [0.5, 0.6) is 0 Å². The van der Waals surface area contributed by atoms with Gasteiger partial charge in [-0.1, -0.05) is 13.8 Å². The maximum Gasteiger partial charge on any atom is 0.411 e. The Morgan fingerprint density at radius 1 is 1.29 bits per heavy atom. The highest BCUT2D eigenvalue weighted by atomic mass is 19.4. The number of hydrogen-bond acceptors (Lipinski definition) is 3. The molecule has 1 aromatic rings. The summed E-state index contributed by atoms with van der Waals surface area (Å²) in [5.41, 5.74) is -1.03. The van der Waals surface area contributed by atoms with Crippen molar-refractivity contribution in [3.8, 4) is 0 Å². The predicted molar refractivity (Wildman–Crippen MR) is 57.8 cm³/mol. The number of halogens is 3. The van der Waals surface area contributed by atoms with Gasteiger partial charge in [0, 0.05) is 11.8 Å². The molecule has 6 heteroatoms. The summed E-state index contributed by atoms with van der Waals surface area (Å²) in [4.78, 5) is 7.86. The van der Waals surface area contributed by atoms with E-state index in [4.69, 9.17) is 0 Å². The zero-order valence-electron chi connectivity index (χ0n) is 9.67. The van der Waals surface area contributed by atoms with Crippen LogP contribution in [-0.4, -0.2) is 21.7 Å². The maximum atomic E-state index is 12.7. The van der Waals surface area contributed by atoms with E-state index < -0.39 is 11.7 Å². The van der Waals surface area contributed by atoms with Crippen LogP contribution in [0.25, 0.3) is 0 Å². The minimum Gasteiger partial charge on any atom is -0.356 e. The molecule has 0 unspecified atom stereocenters. The number of alkyl halides is 3. The van der Waals surface area contributed by atoms with Crippen molar-refractivity contribution in [2.24, 2.45) is 0 Å². The first kappa shape index (κ1) is 12.1. The molecule has 1 aromatic heterocycles. The molecular formula is C11H14F3N3. The largest absolute Gasteiger partial charge is 0.411 e. The minimum atomic E-state index is -4.23. The standard InChI is InChI=1S/C11H14F3N3/c1-7(2)8-5-9(16-6-15-8)17-10(3-4-10)11(12,13)14/h5-7H,3-4H2,1-2H3,(H,15,16,17). The molecule has 0 amide bonds. The van der Waals surface area contributed by atoms with E-state index in [1.54, 1.807) is 6.07 Å². The number of nitrogens with one attached hydrogen (secondary N) is 1. The van der Waals surface area contributed by atoms with Gasteiger partial charge in [-0.15, -0.1) is 0 Å². The van der Waals surface area contributed by atoms with Crippen molar-refractivity contribution >= 4 is 5.82 Å². The third-order valence-corrected chi connectivity index (χ3v) is 2.94. The van der Waals surface area contributed by atoms with E-state index in [0.717, 1.165) is 5.69 Å². The summed E-state index contributed by atoms with van der Waals surface area (Å²) in [7, 11) is 0. The van der Waals surface area contributed by atoms with E-state index in [2.05, 4.69) is 15.3 Å². The van der Waals surface area contributed by atoms with Crippen molar-refractivity contribution < 1.29 is 13.2 Å². The normalized spacial score (nSPS) is 18.2. The Kier molecular flexibility index (Phi) is 2.75. The lowest BCUT2D eigenvalue weighted by Crippen LogP contribution is -2.38. The minimum absolute atomic E-state index is 0.109. The van der Waals surface area contributed by atoms with Gasteiger partial charge in [0.15, 0.2) is 0 Å². The van der Waals surface area contributed by atoms with Crippen LogP contribution >= 0.6 is 0 Å². The Balaban J connectivity index is 2.17. The molecule has 1 aliphatic carbocycles. The zero-order chi connectivity index (χ0) is 12.7. The summed E-state index contributed by atoms with van der Waals surface area (Å²) in [6, 6.07) is 1.58. The molecular weight excluding hydrogens is 231 g/mol. The van der Waals surface area contributed by atoms with Crippen LogP contribution in [0.3, 0.4) is 0 Å². The topological polar surface area (TPSA) is 37.8 Å². The average molecular weight is 245 g/mol. The van der Waals surface area contributed by atoms with Gasteiger partial charge in [-0.3, -0.25) is 0 Å². The Morgan fingerprint density at radius 3 is 2.41 bits per heavy atom. The summed E-state index contributed by atoms with van der Waals surface area (Å²) >= 11 is 0. The highest BCUT2D eigenvalue weighted by Crippen LogP contribution is 2.50. The van der Waals surface area contributed by atoms with Crippen LogP contribution in [0.4, 0.5) is 19.0 Å². The maximum absolute atomic E-state index is 12.7. The fourth-order valence-electron chi connectivity index (χ4n) is 1.61. The zero-order valence-corrected chi connectivity index (χ0v) is 9.67. The van der Waals surface area contributed by atoms with Crippen LogP contribution in [0.15, 0.2) is 12.4 Å². The monoisotopic (exact) mass is 245 g/mol. The van der Waals surface area contributed by atoms with Crippen LogP contribution in [0, 0.1) is 0 Å². The summed E-state index contributed by atoms with van der Waals surface area (Å²) < 4.78 is 38.2. The van der Waals surface area contributed by atoms with Gasteiger partial charge in [-0.25, -0.2) is 9.97 Å². The van der Waals surface area contributed by atoms with Crippen LogP contribution < -0.4 is 5.32 Å². The van der Waals surface area contributed by atoms with Gasteiger partial charge in [-0.2, -0.15) is 13.2 Å². The second-order valence-electron chi connectivity index (χ2n) is 4.69. The van der Waals surface area contributed by atoms with E-state index in [9.17, 15) is 13.2 Å². The molecule has 17 heavy (non-hydrogen) atoms. The highest BCUT2D eigenvalue weighted by Gasteiger charge is 2.63. The number of hydrogen-bond donors (Lipinski definition) is 1. The number of anilines is 1. The molecule has 1 N–H and O–H groups in total. The van der Waals surface area contributed by atoms with Crippen LogP contribution in [0.2, 0.25) is 0 Å². The van der Waals surface area contributed by atoms with Crippen molar-refractivity contribution in [1.29, 1.82) is 0 Å². The van der Waals surface area contributed by atoms with Crippen LogP contribution in [-0.2, 0) is 0 Å². The number of aromatic nitrogens is 2. The summed E-state index contributed by atoms with van der Waals surface area (Å²) in [6.07, 6.45) is -2.71. The Hall–Kier alpha value is -1.33.